The number of benzene rings is 1. The molecule has 0 fully saturated rings. The van der Waals surface area contributed by atoms with Gasteiger partial charge in [0.05, 0.1) is 17.8 Å². The number of hydrogen-bond acceptors (Lipinski definition) is 4. The van der Waals surface area contributed by atoms with E-state index in [1.165, 1.54) is 0 Å². The summed E-state index contributed by atoms with van der Waals surface area (Å²) < 4.78 is 5.61. The quantitative estimate of drug-likeness (QED) is 0.914. The second kappa shape index (κ2) is 5.80. The fourth-order valence-electron chi connectivity index (χ4n) is 1.73. The lowest BCUT2D eigenvalue weighted by Crippen LogP contribution is -2.09. The Morgan fingerprint density at radius 1 is 1.05 bits per heavy atom. The average Bonchev–Trinajstić information content (AvgIpc) is 2.39. The van der Waals surface area contributed by atoms with Crippen LogP contribution in [0.1, 0.15) is 32.6 Å². The molecule has 2 rings (SSSR count). The summed E-state index contributed by atoms with van der Waals surface area (Å²) in [6.07, 6.45) is 1.91. The number of aromatic nitrogens is 2. The Balaban J connectivity index is 2.24. The van der Waals surface area contributed by atoms with Crippen LogP contribution in [0.15, 0.2) is 36.5 Å². The van der Waals surface area contributed by atoms with Crippen LogP contribution < -0.4 is 10.5 Å². The van der Waals surface area contributed by atoms with Crippen LogP contribution in [-0.4, -0.2) is 16.1 Å². The van der Waals surface area contributed by atoms with Gasteiger partial charge >= 0.3 is 0 Å². The van der Waals surface area contributed by atoms with E-state index in [-0.39, 0.29) is 12.1 Å². The van der Waals surface area contributed by atoms with Crippen molar-refractivity contribution in [2.24, 2.45) is 5.73 Å². The molecule has 0 aliphatic carbocycles. The van der Waals surface area contributed by atoms with Gasteiger partial charge in [0.1, 0.15) is 11.6 Å². The zero-order valence-corrected chi connectivity index (χ0v) is 11.5. The Morgan fingerprint density at radius 2 is 1.74 bits per heavy atom. The third kappa shape index (κ3) is 3.51. The van der Waals surface area contributed by atoms with E-state index in [9.17, 15) is 0 Å². The van der Waals surface area contributed by atoms with Gasteiger partial charge in [-0.2, -0.15) is 0 Å². The molecule has 0 aliphatic heterocycles. The first-order valence-corrected chi connectivity index (χ1v) is 6.42. The lowest BCUT2D eigenvalue weighted by atomic mass is 10.1. The highest BCUT2D eigenvalue weighted by molar-refractivity contribution is 5.59. The molecule has 100 valence electrons. The monoisotopic (exact) mass is 257 g/mol. The highest BCUT2D eigenvalue weighted by atomic mass is 16.5. The van der Waals surface area contributed by atoms with Gasteiger partial charge in [0.15, 0.2) is 0 Å². The van der Waals surface area contributed by atoms with Crippen LogP contribution in [0.2, 0.25) is 0 Å². The predicted octanol–water partition coefficient (Wildman–Crippen LogP) is 2.95. The second-order valence-electron chi connectivity index (χ2n) is 4.78. The molecule has 0 aliphatic rings. The number of rotatable bonds is 4. The van der Waals surface area contributed by atoms with Crippen LogP contribution >= 0.6 is 0 Å². The Labute approximate surface area is 113 Å². The molecule has 19 heavy (non-hydrogen) atoms. The largest absolute Gasteiger partial charge is 0.491 e. The topological polar surface area (TPSA) is 61.0 Å². The van der Waals surface area contributed by atoms with Crippen LogP contribution in [0.5, 0.6) is 5.75 Å². The van der Waals surface area contributed by atoms with Crippen LogP contribution in [0.25, 0.3) is 11.3 Å². The molecule has 0 saturated heterocycles. The molecule has 0 amide bonds. The van der Waals surface area contributed by atoms with E-state index in [1.54, 1.807) is 6.20 Å². The molecule has 0 saturated carbocycles. The first kappa shape index (κ1) is 13.5. The standard InChI is InChI=1S/C15H19N3O/c1-10(2)19-13-6-4-12(5-7-13)14-8-9-17-15(18-14)11(3)16/h4-11H,16H2,1-3H3. The van der Waals surface area contributed by atoms with Crippen molar-refractivity contribution in [3.63, 3.8) is 0 Å². The van der Waals surface area contributed by atoms with Crippen molar-refractivity contribution < 1.29 is 4.74 Å². The molecule has 1 aromatic heterocycles. The van der Waals surface area contributed by atoms with E-state index in [1.807, 2.05) is 51.1 Å². The van der Waals surface area contributed by atoms with Crippen molar-refractivity contribution in [1.29, 1.82) is 0 Å². The summed E-state index contributed by atoms with van der Waals surface area (Å²) in [5.41, 5.74) is 7.70. The zero-order chi connectivity index (χ0) is 13.8. The molecule has 2 N–H and O–H groups in total. The van der Waals surface area contributed by atoms with Crippen molar-refractivity contribution in [3.8, 4) is 17.0 Å². The molecule has 1 unspecified atom stereocenters. The highest BCUT2D eigenvalue weighted by Crippen LogP contribution is 2.21. The molecule has 0 spiro atoms. The zero-order valence-electron chi connectivity index (χ0n) is 11.5. The number of ether oxygens (including phenoxy) is 1. The number of nitrogens with zero attached hydrogens (tertiary/aromatic N) is 2. The van der Waals surface area contributed by atoms with Crippen LogP contribution in [0.3, 0.4) is 0 Å². The third-order valence-electron chi connectivity index (χ3n) is 2.60. The maximum absolute atomic E-state index is 5.79. The summed E-state index contributed by atoms with van der Waals surface area (Å²) >= 11 is 0. The minimum Gasteiger partial charge on any atom is -0.491 e. The molecule has 1 atom stereocenters. The molecule has 2 aromatic rings. The van der Waals surface area contributed by atoms with E-state index in [0.29, 0.717) is 5.82 Å². The SMILES string of the molecule is CC(C)Oc1ccc(-c2ccnc(C(C)N)n2)cc1. The number of hydrogen-bond donors (Lipinski definition) is 1. The van der Waals surface area contributed by atoms with E-state index in [0.717, 1.165) is 17.0 Å². The van der Waals surface area contributed by atoms with E-state index in [2.05, 4.69) is 9.97 Å². The van der Waals surface area contributed by atoms with Gasteiger partial charge in [-0.25, -0.2) is 9.97 Å². The number of nitrogens with two attached hydrogens (primary N) is 1. The fraction of sp³-hybridized carbons (Fsp3) is 0.333. The molecule has 0 radical (unpaired) electrons. The van der Waals surface area contributed by atoms with Gasteiger partial charge < -0.3 is 10.5 Å². The summed E-state index contributed by atoms with van der Waals surface area (Å²) in [5, 5.41) is 0. The highest BCUT2D eigenvalue weighted by Gasteiger charge is 2.06. The van der Waals surface area contributed by atoms with Crippen molar-refractivity contribution in [3.05, 3.63) is 42.4 Å². The van der Waals surface area contributed by atoms with Gasteiger partial charge in [-0.15, -0.1) is 0 Å². The minimum atomic E-state index is -0.163. The van der Waals surface area contributed by atoms with Gasteiger partial charge in [0, 0.05) is 11.8 Å². The first-order chi connectivity index (χ1) is 9.06. The maximum atomic E-state index is 5.79. The van der Waals surface area contributed by atoms with Crippen LogP contribution in [-0.2, 0) is 0 Å². The second-order valence-corrected chi connectivity index (χ2v) is 4.78. The molecule has 4 nitrogen and oxygen atoms in total. The first-order valence-electron chi connectivity index (χ1n) is 6.42. The summed E-state index contributed by atoms with van der Waals surface area (Å²) in [6, 6.07) is 9.59. The molecule has 1 heterocycles. The smallest absolute Gasteiger partial charge is 0.145 e. The maximum Gasteiger partial charge on any atom is 0.145 e. The summed E-state index contributed by atoms with van der Waals surface area (Å²) in [7, 11) is 0. The Kier molecular flexibility index (Phi) is 4.12. The van der Waals surface area contributed by atoms with Gasteiger partial charge in [-0.05, 0) is 51.1 Å². The van der Waals surface area contributed by atoms with Crippen molar-refractivity contribution in [1.82, 2.24) is 9.97 Å². The molecule has 0 bridgehead atoms. The Morgan fingerprint density at radius 3 is 2.32 bits per heavy atom. The lowest BCUT2D eigenvalue weighted by molar-refractivity contribution is 0.242. The normalized spacial score (nSPS) is 12.5. The third-order valence-corrected chi connectivity index (χ3v) is 2.60. The van der Waals surface area contributed by atoms with E-state index < -0.39 is 0 Å². The van der Waals surface area contributed by atoms with Gasteiger partial charge in [-0.3, -0.25) is 0 Å². The Bertz CT molecular complexity index is 535. The molecular formula is C15H19N3O. The summed E-state index contributed by atoms with van der Waals surface area (Å²) in [4.78, 5) is 8.62. The van der Waals surface area contributed by atoms with Crippen LogP contribution in [0, 0.1) is 0 Å². The van der Waals surface area contributed by atoms with Gasteiger partial charge in [0.2, 0.25) is 0 Å². The lowest BCUT2D eigenvalue weighted by Gasteiger charge is -2.10. The van der Waals surface area contributed by atoms with E-state index >= 15 is 0 Å². The van der Waals surface area contributed by atoms with Crippen LogP contribution in [0.4, 0.5) is 0 Å². The summed E-state index contributed by atoms with van der Waals surface area (Å²) in [5.74, 6) is 1.51. The minimum absolute atomic E-state index is 0.163. The molecule has 4 heteroatoms. The van der Waals surface area contributed by atoms with Gasteiger partial charge in [-0.1, -0.05) is 0 Å². The fourth-order valence-corrected chi connectivity index (χ4v) is 1.73. The summed E-state index contributed by atoms with van der Waals surface area (Å²) in [6.45, 7) is 5.89. The predicted molar refractivity (Wildman–Crippen MR) is 75.8 cm³/mol. The van der Waals surface area contributed by atoms with Gasteiger partial charge in [0.25, 0.3) is 0 Å². The van der Waals surface area contributed by atoms with Crippen molar-refractivity contribution >= 4 is 0 Å². The van der Waals surface area contributed by atoms with Crippen molar-refractivity contribution in [2.75, 3.05) is 0 Å². The van der Waals surface area contributed by atoms with E-state index in [4.69, 9.17) is 10.5 Å². The molecule has 1 aromatic carbocycles. The average molecular weight is 257 g/mol. The van der Waals surface area contributed by atoms with Crippen molar-refractivity contribution in [2.45, 2.75) is 32.9 Å². The molecular weight excluding hydrogens is 238 g/mol. The Hall–Kier alpha value is -1.94.